The van der Waals surface area contributed by atoms with Crippen molar-refractivity contribution >= 4 is 76.6 Å². The number of rotatable bonds is 7. The second kappa shape index (κ2) is 28.9. The van der Waals surface area contributed by atoms with Crippen LogP contribution in [0.5, 0.6) is 0 Å². The van der Waals surface area contributed by atoms with E-state index < -0.39 is 53.3 Å². The van der Waals surface area contributed by atoms with Crippen LogP contribution in [-0.2, 0) is 28.0 Å². The molecule has 3 aliphatic heterocycles. The maximum atomic E-state index is 9.39. The van der Waals surface area contributed by atoms with Gasteiger partial charge in [-0.1, -0.05) is 56.4 Å². The van der Waals surface area contributed by atoms with Gasteiger partial charge in [0.1, 0.15) is 24.1 Å². The molecule has 0 aromatic rings. The third-order valence-corrected chi connectivity index (χ3v) is 19.9. The molecule has 0 aromatic heterocycles. The number of aliphatic hydroxyl groups is 6. The van der Waals surface area contributed by atoms with Crippen molar-refractivity contribution in [1.29, 1.82) is 0 Å². The van der Waals surface area contributed by atoms with Crippen LogP contribution in [0, 0.1) is 0 Å². The molecule has 2 fully saturated rings. The van der Waals surface area contributed by atoms with Crippen molar-refractivity contribution in [2.45, 2.75) is 213 Å². The van der Waals surface area contributed by atoms with Gasteiger partial charge in [0, 0.05) is 0 Å². The van der Waals surface area contributed by atoms with Crippen molar-refractivity contribution in [2.75, 3.05) is 19.8 Å². The summed E-state index contributed by atoms with van der Waals surface area (Å²) >= 11 is 7.39. The Labute approximate surface area is 376 Å². The van der Waals surface area contributed by atoms with Gasteiger partial charge < -0.3 is 53.7 Å². The monoisotopic (exact) mass is 1200 g/mol. The molecule has 11 nitrogen and oxygen atoms in total. The standard InChI is InChI=1S/C20H42O3Si2.2C8H16O4.2CH4.3HI.V/c1-16-18(23-25(10,11)20(5,6)7)14-12-13-17(22-16)15-21-24(8,9)19(2,3)4;2*1-5-6(10)2-3-7(11)8(4-9)12-5;;;;;;/h13,16,18H,12,14-15H2,1-11H3;2*5-11H,2-4H2,1H3;2*1H4;3*1H;/q;;;;;;;;+3/p-3/t16-,18+;5-,6+,7+,8-;5-,6+,7-,8+;;;;;;/m000....../s1. The van der Waals surface area contributed by atoms with Gasteiger partial charge in [0.05, 0.1) is 62.5 Å². The van der Waals surface area contributed by atoms with Crippen LogP contribution in [-0.4, -0.2) is 128 Å². The van der Waals surface area contributed by atoms with Crippen LogP contribution in [0.2, 0.25) is 36.3 Å². The van der Waals surface area contributed by atoms with Crippen LogP contribution < -0.4 is 0 Å². The normalized spacial score (nSPS) is 30.6. The first kappa shape index (κ1) is 61.6. The van der Waals surface area contributed by atoms with Crippen LogP contribution in [0.15, 0.2) is 11.8 Å². The van der Waals surface area contributed by atoms with E-state index in [1.54, 1.807) is 13.8 Å². The second-order valence-electron chi connectivity index (χ2n) is 17.3. The fraction of sp³-hybridized carbons (Fsp3) is 0.947. The average molecular weight is 1200 g/mol. The van der Waals surface area contributed by atoms with E-state index in [1.165, 1.54) is 0 Å². The predicted molar refractivity (Wildman–Crippen MR) is 254 cm³/mol. The summed E-state index contributed by atoms with van der Waals surface area (Å²) in [5.41, 5.74) is 0. The zero-order chi connectivity index (χ0) is 41.5. The van der Waals surface area contributed by atoms with Gasteiger partial charge in [-0.25, -0.2) is 0 Å². The van der Waals surface area contributed by atoms with E-state index in [0.29, 0.717) is 32.3 Å². The van der Waals surface area contributed by atoms with Crippen molar-refractivity contribution in [3.05, 3.63) is 11.8 Å². The molecule has 0 spiro atoms. The molecular weight excluding hydrogens is 1120 g/mol. The SMILES string of the molecule is C.C.C[C@@H]1OC(CO[Si](C)(C)C(C)(C)C)=CCC[C@H]1O[Si](C)(C)C(C)(C)C.C[C@@H]1O[C@@H](CO)[C@H](O)CC[C@H]1O.C[C@@H]1O[C@H](CO)[C@@H](O)CC[C@H]1O.[I][V]([I])[I]. The summed E-state index contributed by atoms with van der Waals surface area (Å²) in [6.07, 6.45) is 2.42. The number of allylic oxidation sites excluding steroid dienone is 1. The first-order chi connectivity index (χ1) is 24.1. The first-order valence-electron chi connectivity index (χ1n) is 18.8. The Balaban J connectivity index is -0.000000754. The van der Waals surface area contributed by atoms with Crippen LogP contribution in [0.3, 0.4) is 0 Å². The Hall–Kier alpha value is 2.35. The number of ether oxygens (including phenoxy) is 3. The molecular formula is C38H82I3O11Si2V. The summed E-state index contributed by atoms with van der Waals surface area (Å²) in [5, 5.41) is 55.6. The predicted octanol–water partition coefficient (Wildman–Crippen LogP) is 8.94. The number of hydrogen-bond acceptors (Lipinski definition) is 11. The Kier molecular flexibility index (Phi) is 32.3. The van der Waals surface area contributed by atoms with Gasteiger partial charge in [0.25, 0.3) is 0 Å². The quantitative estimate of drug-likeness (QED) is 0.106. The fourth-order valence-corrected chi connectivity index (χ4v) is 7.40. The van der Waals surface area contributed by atoms with Crippen molar-refractivity contribution < 1.29 is 58.6 Å². The number of aliphatic hydroxyl groups excluding tert-OH is 6. The number of hydrogen-bond donors (Lipinski definition) is 6. The van der Waals surface area contributed by atoms with Gasteiger partial charge in [-0.05, 0) is 102 Å². The van der Waals surface area contributed by atoms with Crippen molar-refractivity contribution in [1.82, 2.24) is 0 Å². The van der Waals surface area contributed by atoms with E-state index in [-0.39, 0.29) is 67.5 Å². The molecule has 0 radical (unpaired) electrons. The van der Waals surface area contributed by atoms with Gasteiger partial charge in [0.2, 0.25) is 0 Å². The molecule has 0 amide bonds. The number of halogens is 3. The van der Waals surface area contributed by atoms with Crippen LogP contribution in [0.25, 0.3) is 0 Å². The summed E-state index contributed by atoms with van der Waals surface area (Å²) in [6.45, 7) is 28.7. The summed E-state index contributed by atoms with van der Waals surface area (Å²) in [5.74, 6) is 0.985. The average Bonchev–Trinajstić information content (AvgIpc) is 3.34. The van der Waals surface area contributed by atoms with E-state index >= 15 is 0 Å². The van der Waals surface area contributed by atoms with Gasteiger partial charge >= 0.3 is 64.9 Å². The van der Waals surface area contributed by atoms with E-state index in [0.717, 1.165) is 18.6 Å². The Morgan fingerprint density at radius 3 is 1.38 bits per heavy atom. The minimum atomic E-state index is -1.78. The van der Waals surface area contributed by atoms with Crippen molar-refractivity contribution in [2.24, 2.45) is 0 Å². The summed E-state index contributed by atoms with van der Waals surface area (Å²) < 4.78 is 29.7. The molecule has 3 heterocycles. The minimum absolute atomic E-state index is 0. The molecule has 0 unspecified atom stereocenters. The van der Waals surface area contributed by atoms with E-state index in [1.807, 2.05) is 0 Å². The van der Waals surface area contributed by atoms with Crippen molar-refractivity contribution in [3.8, 4) is 0 Å². The van der Waals surface area contributed by atoms with Gasteiger partial charge in [-0.3, -0.25) is 0 Å². The summed E-state index contributed by atoms with van der Waals surface area (Å²) in [7, 11) is -3.53. The zero-order valence-corrected chi connectivity index (χ0v) is 44.4. The zero-order valence-electron chi connectivity index (χ0n) is 34.5. The van der Waals surface area contributed by atoms with E-state index in [4.69, 9.17) is 33.3 Å². The van der Waals surface area contributed by atoms with Gasteiger partial charge in [-0.15, -0.1) is 0 Å². The Bertz CT molecular complexity index is 1000. The third-order valence-electron chi connectivity index (χ3n) is 10.9. The van der Waals surface area contributed by atoms with Gasteiger partial charge in [-0.2, -0.15) is 0 Å². The molecule has 17 heteroatoms. The maximum absolute atomic E-state index is 9.39. The Morgan fingerprint density at radius 1 is 0.673 bits per heavy atom. The van der Waals surface area contributed by atoms with Crippen LogP contribution in [0.1, 0.15) is 116 Å². The van der Waals surface area contributed by atoms with Gasteiger partial charge in [0.15, 0.2) is 16.6 Å². The van der Waals surface area contributed by atoms with E-state index in [2.05, 4.69) is 141 Å². The molecule has 2 saturated heterocycles. The van der Waals surface area contributed by atoms with Crippen LogP contribution in [0.4, 0.5) is 0 Å². The second-order valence-corrected chi connectivity index (χ2v) is 62.2. The summed E-state index contributed by atoms with van der Waals surface area (Å²) in [6, 6.07) is 0. The molecule has 334 valence electrons. The molecule has 3 rings (SSSR count). The van der Waals surface area contributed by atoms with Crippen molar-refractivity contribution in [3.63, 3.8) is 0 Å². The first-order valence-corrected chi connectivity index (χ1v) is 38.1. The molecule has 6 N–H and O–H groups in total. The summed E-state index contributed by atoms with van der Waals surface area (Å²) in [4.78, 5) is -0.278. The molecule has 55 heavy (non-hydrogen) atoms. The molecule has 0 aromatic carbocycles. The molecule has 3 aliphatic rings. The van der Waals surface area contributed by atoms with Crippen LogP contribution >= 0.6 is 59.9 Å². The molecule has 0 saturated carbocycles. The fourth-order valence-electron chi connectivity index (χ4n) is 5.04. The molecule has 0 bridgehead atoms. The molecule has 10 atom stereocenters. The van der Waals surface area contributed by atoms with E-state index in [9.17, 15) is 20.4 Å². The molecule has 0 aliphatic carbocycles. The Morgan fingerprint density at radius 2 is 1.04 bits per heavy atom. The topological polar surface area (TPSA) is 168 Å². The third kappa shape index (κ3) is 24.0.